The number of fused-ring (bicyclic) bond motifs is 3. The molecule has 154 valence electrons. The first-order chi connectivity index (χ1) is 14.6. The molecule has 1 unspecified atom stereocenters. The van der Waals surface area contributed by atoms with Crippen molar-refractivity contribution >= 4 is 55.1 Å². The molecule has 0 spiro atoms. The van der Waals surface area contributed by atoms with E-state index < -0.39 is 0 Å². The van der Waals surface area contributed by atoms with Gasteiger partial charge in [0.1, 0.15) is 15.3 Å². The van der Waals surface area contributed by atoms with Crippen LogP contribution in [-0.2, 0) is 17.0 Å². The zero-order valence-electron chi connectivity index (χ0n) is 15.8. The molecular formula is C21H17ClFN3O2S2. The lowest BCUT2D eigenvalue weighted by atomic mass is 10.2. The summed E-state index contributed by atoms with van der Waals surface area (Å²) in [6, 6.07) is 8.37. The van der Waals surface area contributed by atoms with E-state index in [-0.39, 0.29) is 23.2 Å². The number of benzene rings is 1. The Bertz CT molecular complexity index is 1280. The molecule has 5 rings (SSSR count). The van der Waals surface area contributed by atoms with Crippen molar-refractivity contribution in [3.8, 4) is 0 Å². The highest BCUT2D eigenvalue weighted by molar-refractivity contribution is 7.98. The van der Waals surface area contributed by atoms with Crippen molar-refractivity contribution in [2.45, 2.75) is 36.4 Å². The quantitative estimate of drug-likeness (QED) is 0.299. The minimum atomic E-state index is -0.366. The van der Waals surface area contributed by atoms with Gasteiger partial charge in [0.05, 0.1) is 18.2 Å². The van der Waals surface area contributed by atoms with Crippen LogP contribution in [0.5, 0.6) is 0 Å². The summed E-state index contributed by atoms with van der Waals surface area (Å²) in [7, 11) is 0. The molecule has 9 heteroatoms. The predicted molar refractivity (Wildman–Crippen MR) is 119 cm³/mol. The van der Waals surface area contributed by atoms with Gasteiger partial charge in [-0.3, -0.25) is 9.36 Å². The van der Waals surface area contributed by atoms with E-state index in [9.17, 15) is 9.18 Å². The number of nitrogens with zero attached hydrogens (tertiary/aromatic N) is 3. The second kappa shape index (κ2) is 8.26. The fourth-order valence-electron chi connectivity index (χ4n) is 3.61. The van der Waals surface area contributed by atoms with Crippen molar-refractivity contribution < 1.29 is 9.13 Å². The lowest BCUT2D eigenvalue weighted by Gasteiger charge is -2.16. The molecule has 4 heterocycles. The molecule has 30 heavy (non-hydrogen) atoms. The molecule has 1 aliphatic heterocycles. The van der Waals surface area contributed by atoms with Gasteiger partial charge in [-0.25, -0.2) is 14.4 Å². The maximum Gasteiger partial charge on any atom is 0.272 e. The first kappa shape index (κ1) is 19.9. The lowest BCUT2D eigenvalue weighted by Crippen LogP contribution is -2.28. The standard InChI is InChI=1S/C21H17ClFN3O2S2/c22-15-6-1-7-16(23)14(15)11-29-21-25-17-13-5-2-8-24-19(13)30-18(17)20(27)26(21)10-12-4-3-9-28-12/h1-2,5-8,12H,3-4,9-11H2. The van der Waals surface area contributed by atoms with Gasteiger partial charge >= 0.3 is 0 Å². The van der Waals surface area contributed by atoms with Crippen molar-refractivity contribution in [3.63, 3.8) is 0 Å². The molecule has 1 aromatic carbocycles. The van der Waals surface area contributed by atoms with Gasteiger partial charge in [0.25, 0.3) is 5.56 Å². The third-order valence-electron chi connectivity index (χ3n) is 5.14. The number of hydrogen-bond acceptors (Lipinski definition) is 6. The van der Waals surface area contributed by atoms with Crippen molar-refractivity contribution in [1.29, 1.82) is 0 Å². The maximum absolute atomic E-state index is 14.3. The summed E-state index contributed by atoms with van der Waals surface area (Å²) in [5.41, 5.74) is 0.929. The van der Waals surface area contributed by atoms with E-state index in [1.807, 2.05) is 12.1 Å². The van der Waals surface area contributed by atoms with Crippen LogP contribution < -0.4 is 5.56 Å². The van der Waals surface area contributed by atoms with E-state index in [1.165, 1.54) is 29.2 Å². The van der Waals surface area contributed by atoms with Gasteiger partial charge in [-0.2, -0.15) is 0 Å². The average molecular weight is 462 g/mol. The van der Waals surface area contributed by atoms with Crippen LogP contribution in [0.1, 0.15) is 18.4 Å². The monoisotopic (exact) mass is 461 g/mol. The molecule has 1 fully saturated rings. The molecule has 5 nitrogen and oxygen atoms in total. The third-order valence-corrected chi connectivity index (χ3v) is 7.58. The fraction of sp³-hybridized carbons (Fsp3) is 0.286. The van der Waals surface area contributed by atoms with E-state index in [0.29, 0.717) is 39.1 Å². The maximum atomic E-state index is 14.3. The van der Waals surface area contributed by atoms with Gasteiger partial charge in [-0.1, -0.05) is 29.4 Å². The van der Waals surface area contributed by atoms with Crippen molar-refractivity contribution in [2.75, 3.05) is 6.61 Å². The molecule has 0 aliphatic carbocycles. The molecule has 0 N–H and O–H groups in total. The summed E-state index contributed by atoms with van der Waals surface area (Å²) in [6.07, 6.45) is 3.57. The highest BCUT2D eigenvalue weighted by Gasteiger charge is 2.22. The van der Waals surface area contributed by atoms with Crippen LogP contribution in [0.25, 0.3) is 20.4 Å². The Morgan fingerprint density at radius 3 is 3.03 bits per heavy atom. The van der Waals surface area contributed by atoms with Gasteiger partial charge in [-0.15, -0.1) is 11.3 Å². The minimum absolute atomic E-state index is 0.0224. The zero-order chi connectivity index (χ0) is 20.7. The fourth-order valence-corrected chi connectivity index (χ4v) is 5.99. The summed E-state index contributed by atoms with van der Waals surface area (Å²) < 4.78 is 22.2. The Morgan fingerprint density at radius 2 is 2.23 bits per heavy atom. The van der Waals surface area contributed by atoms with Crippen LogP contribution in [0.2, 0.25) is 5.02 Å². The summed E-state index contributed by atoms with van der Waals surface area (Å²) in [5, 5.41) is 1.75. The Kier molecular flexibility index (Phi) is 5.49. The van der Waals surface area contributed by atoms with Gasteiger partial charge in [0.15, 0.2) is 5.16 Å². The first-order valence-corrected chi connectivity index (χ1v) is 11.7. The van der Waals surface area contributed by atoms with Crippen LogP contribution in [0.15, 0.2) is 46.5 Å². The second-order valence-electron chi connectivity index (χ2n) is 7.07. The molecule has 0 saturated carbocycles. The van der Waals surface area contributed by atoms with E-state index >= 15 is 0 Å². The topological polar surface area (TPSA) is 57.0 Å². The Labute approximate surface area is 184 Å². The number of ether oxygens (including phenoxy) is 1. The van der Waals surface area contributed by atoms with Gasteiger partial charge in [0, 0.05) is 34.5 Å². The largest absolute Gasteiger partial charge is 0.376 e. The molecule has 3 aromatic heterocycles. The van der Waals surface area contributed by atoms with Crippen LogP contribution in [0, 0.1) is 5.82 Å². The number of thioether (sulfide) groups is 1. The molecule has 0 bridgehead atoms. The summed E-state index contributed by atoms with van der Waals surface area (Å²) >= 11 is 8.85. The number of halogens is 2. The number of aromatic nitrogens is 3. The van der Waals surface area contributed by atoms with Crippen molar-refractivity contribution in [1.82, 2.24) is 14.5 Å². The Morgan fingerprint density at radius 1 is 1.33 bits per heavy atom. The minimum Gasteiger partial charge on any atom is -0.376 e. The van der Waals surface area contributed by atoms with Crippen LogP contribution in [0.3, 0.4) is 0 Å². The average Bonchev–Trinajstić information content (AvgIpc) is 3.38. The van der Waals surface area contributed by atoms with E-state index in [4.69, 9.17) is 21.3 Å². The van der Waals surface area contributed by atoms with E-state index in [2.05, 4.69) is 4.98 Å². The van der Waals surface area contributed by atoms with Crippen molar-refractivity contribution in [3.05, 3.63) is 63.3 Å². The highest BCUT2D eigenvalue weighted by Crippen LogP contribution is 2.33. The summed E-state index contributed by atoms with van der Waals surface area (Å²) in [6.45, 7) is 1.13. The Balaban J connectivity index is 1.61. The molecule has 1 atom stereocenters. The molecule has 0 amide bonds. The molecule has 1 aliphatic rings. The third kappa shape index (κ3) is 3.62. The summed E-state index contributed by atoms with van der Waals surface area (Å²) in [4.78, 5) is 23.4. The van der Waals surface area contributed by atoms with Crippen LogP contribution in [0.4, 0.5) is 4.39 Å². The van der Waals surface area contributed by atoms with Crippen LogP contribution in [-0.4, -0.2) is 27.2 Å². The van der Waals surface area contributed by atoms with Crippen molar-refractivity contribution in [2.24, 2.45) is 0 Å². The first-order valence-electron chi connectivity index (χ1n) is 9.57. The van der Waals surface area contributed by atoms with Crippen LogP contribution >= 0.6 is 34.7 Å². The van der Waals surface area contributed by atoms with E-state index in [0.717, 1.165) is 23.1 Å². The number of rotatable bonds is 5. The molecule has 4 aromatic rings. The normalized spacial score (nSPS) is 16.7. The predicted octanol–water partition coefficient (Wildman–Crippen LogP) is 5.27. The SMILES string of the molecule is O=c1c2sc3ncccc3c2nc(SCc2c(F)cccc2Cl)n1CC1CCCO1. The van der Waals surface area contributed by atoms with Gasteiger partial charge in [-0.05, 0) is 37.1 Å². The number of pyridine rings is 1. The smallest absolute Gasteiger partial charge is 0.272 e. The lowest BCUT2D eigenvalue weighted by molar-refractivity contribution is 0.0938. The number of hydrogen-bond donors (Lipinski definition) is 0. The zero-order valence-corrected chi connectivity index (χ0v) is 18.2. The van der Waals surface area contributed by atoms with E-state index in [1.54, 1.807) is 22.9 Å². The molecular weight excluding hydrogens is 445 g/mol. The number of thiophene rings is 1. The molecule has 1 saturated heterocycles. The Hall–Kier alpha value is -2.00. The summed E-state index contributed by atoms with van der Waals surface area (Å²) in [5.74, 6) is -0.0933. The van der Waals surface area contributed by atoms with Gasteiger partial charge < -0.3 is 4.74 Å². The highest BCUT2D eigenvalue weighted by atomic mass is 35.5. The van der Waals surface area contributed by atoms with Gasteiger partial charge in [0.2, 0.25) is 0 Å². The molecule has 0 radical (unpaired) electrons. The second-order valence-corrected chi connectivity index (χ2v) is 9.42.